The number of piperazine rings is 1. The fourth-order valence-electron chi connectivity index (χ4n) is 6.10. The fourth-order valence-corrected chi connectivity index (χ4v) is 6.10. The number of hydrogen-bond acceptors (Lipinski definition) is 5. The van der Waals surface area contributed by atoms with Gasteiger partial charge in [-0.2, -0.15) is 13.2 Å². The number of rotatable bonds is 5. The van der Waals surface area contributed by atoms with E-state index in [4.69, 9.17) is 0 Å². The minimum absolute atomic E-state index is 0.0666. The van der Waals surface area contributed by atoms with Crippen molar-refractivity contribution < 1.29 is 18.0 Å². The maximum atomic E-state index is 13.1. The van der Waals surface area contributed by atoms with Gasteiger partial charge in [-0.15, -0.1) is 0 Å². The number of carbonyl (C=O) groups is 1. The van der Waals surface area contributed by atoms with Crippen LogP contribution < -0.4 is 10.2 Å². The van der Waals surface area contributed by atoms with Gasteiger partial charge in [0.05, 0.1) is 5.56 Å². The highest BCUT2D eigenvalue weighted by molar-refractivity contribution is 5.76. The first-order valence-corrected chi connectivity index (χ1v) is 12.6. The van der Waals surface area contributed by atoms with Crippen LogP contribution in [-0.2, 0) is 12.6 Å². The zero-order chi connectivity index (χ0) is 25.5. The lowest BCUT2D eigenvalue weighted by atomic mass is 9.60. The molecule has 2 saturated heterocycles. The summed E-state index contributed by atoms with van der Waals surface area (Å²) in [4.78, 5) is 27.1. The SMILES string of the molecule is C[C@@H]1CN(c2ncc(C(F)(F)F)cn2)C[C@H](C)N1C(=O)NC1CC2(C1)CN(CCc1ccccc1)C2. The van der Waals surface area contributed by atoms with Crippen molar-refractivity contribution in [1.29, 1.82) is 0 Å². The van der Waals surface area contributed by atoms with Crippen LogP contribution in [0.15, 0.2) is 42.7 Å². The molecule has 7 nitrogen and oxygen atoms in total. The fraction of sp³-hybridized carbons (Fsp3) is 0.577. The van der Waals surface area contributed by atoms with E-state index >= 15 is 0 Å². The standard InChI is InChI=1S/C26H33F3N6O/c1-18-14-34(23-30-12-21(13-31-23)26(27,28)29)15-19(2)35(18)24(36)32-22-10-25(11-22)16-33(17-25)9-8-20-6-4-3-5-7-20/h3-7,12-13,18-19,22H,8-11,14-17H2,1-2H3,(H,32,36)/t18-,19+. The van der Waals surface area contributed by atoms with Gasteiger partial charge in [0, 0.05) is 63.2 Å². The van der Waals surface area contributed by atoms with Crippen LogP contribution in [-0.4, -0.2) is 76.6 Å². The van der Waals surface area contributed by atoms with Crippen LogP contribution in [0.25, 0.3) is 0 Å². The lowest BCUT2D eigenvalue weighted by molar-refractivity contribution is -0.138. The zero-order valence-corrected chi connectivity index (χ0v) is 20.7. The predicted molar refractivity (Wildman–Crippen MR) is 131 cm³/mol. The van der Waals surface area contributed by atoms with Gasteiger partial charge in [-0.25, -0.2) is 14.8 Å². The first-order valence-electron chi connectivity index (χ1n) is 12.6. The molecule has 2 aromatic rings. The van der Waals surface area contributed by atoms with E-state index < -0.39 is 11.7 Å². The second-order valence-corrected chi connectivity index (χ2v) is 10.8. The van der Waals surface area contributed by atoms with Crippen LogP contribution in [0.5, 0.6) is 0 Å². The van der Waals surface area contributed by atoms with Crippen molar-refractivity contribution in [2.45, 2.75) is 57.4 Å². The zero-order valence-electron chi connectivity index (χ0n) is 20.7. The summed E-state index contributed by atoms with van der Waals surface area (Å²) in [6.07, 6.45) is 0.260. The average Bonchev–Trinajstić information content (AvgIpc) is 2.78. The summed E-state index contributed by atoms with van der Waals surface area (Å²) in [5.41, 5.74) is 0.852. The Labute approximate surface area is 209 Å². The molecule has 2 aliphatic heterocycles. The highest BCUT2D eigenvalue weighted by Crippen LogP contribution is 2.48. The molecule has 5 rings (SSSR count). The second kappa shape index (κ2) is 9.53. The number of alkyl halides is 3. The molecule has 1 N–H and O–H groups in total. The first kappa shape index (κ1) is 24.8. The van der Waals surface area contributed by atoms with Gasteiger partial charge in [-0.05, 0) is 44.1 Å². The van der Waals surface area contributed by atoms with Gasteiger partial charge in [0.15, 0.2) is 0 Å². The molecule has 1 saturated carbocycles. The number of aromatic nitrogens is 2. The van der Waals surface area contributed by atoms with E-state index in [1.54, 1.807) is 0 Å². The van der Waals surface area contributed by atoms with Crippen molar-refractivity contribution in [3.63, 3.8) is 0 Å². The highest BCUT2D eigenvalue weighted by atomic mass is 19.4. The third kappa shape index (κ3) is 5.14. The molecule has 194 valence electrons. The largest absolute Gasteiger partial charge is 0.419 e. The minimum Gasteiger partial charge on any atom is -0.337 e. The van der Waals surface area contributed by atoms with E-state index in [-0.39, 0.29) is 30.1 Å². The van der Waals surface area contributed by atoms with Crippen LogP contribution >= 0.6 is 0 Å². The Morgan fingerprint density at radius 2 is 1.67 bits per heavy atom. The number of amides is 2. The van der Waals surface area contributed by atoms with Crippen molar-refractivity contribution in [2.75, 3.05) is 37.6 Å². The van der Waals surface area contributed by atoms with Gasteiger partial charge in [0.25, 0.3) is 0 Å². The normalized spacial score (nSPS) is 24.4. The summed E-state index contributed by atoms with van der Waals surface area (Å²) < 4.78 is 38.4. The molecular formula is C26H33F3N6O. The molecule has 1 aromatic carbocycles. The number of hydrogen-bond donors (Lipinski definition) is 1. The maximum Gasteiger partial charge on any atom is 0.419 e. The van der Waals surface area contributed by atoms with Gasteiger partial charge >= 0.3 is 12.2 Å². The summed E-state index contributed by atoms with van der Waals surface area (Å²) in [5.74, 6) is 0.254. The van der Waals surface area contributed by atoms with Gasteiger partial charge in [-0.1, -0.05) is 30.3 Å². The number of urea groups is 1. The third-order valence-corrected chi connectivity index (χ3v) is 7.77. The lowest BCUT2D eigenvalue weighted by Crippen LogP contribution is -2.68. The summed E-state index contributed by atoms with van der Waals surface area (Å²) in [6, 6.07) is 10.4. The first-order chi connectivity index (χ1) is 17.1. The molecular weight excluding hydrogens is 469 g/mol. The minimum atomic E-state index is -4.46. The molecule has 1 spiro atoms. The Morgan fingerprint density at radius 1 is 1.06 bits per heavy atom. The molecule has 0 bridgehead atoms. The van der Waals surface area contributed by atoms with E-state index in [2.05, 4.69) is 44.5 Å². The number of nitrogens with zero attached hydrogens (tertiary/aromatic N) is 5. The monoisotopic (exact) mass is 502 g/mol. The third-order valence-electron chi connectivity index (χ3n) is 7.77. The number of carbonyl (C=O) groups excluding carboxylic acids is 1. The molecule has 2 atom stereocenters. The van der Waals surface area contributed by atoms with Crippen molar-refractivity contribution in [1.82, 2.24) is 25.1 Å². The number of likely N-dealkylation sites (tertiary alicyclic amines) is 1. The number of benzene rings is 1. The van der Waals surface area contributed by atoms with Crippen molar-refractivity contribution in [2.24, 2.45) is 5.41 Å². The maximum absolute atomic E-state index is 13.1. The molecule has 10 heteroatoms. The van der Waals surface area contributed by atoms with E-state index in [0.717, 1.165) is 51.3 Å². The Balaban J connectivity index is 1.07. The van der Waals surface area contributed by atoms with Crippen molar-refractivity contribution >= 4 is 12.0 Å². The lowest BCUT2D eigenvalue weighted by Gasteiger charge is -2.59. The summed E-state index contributed by atoms with van der Waals surface area (Å²) in [7, 11) is 0. The van der Waals surface area contributed by atoms with Crippen LogP contribution in [0.2, 0.25) is 0 Å². The average molecular weight is 503 g/mol. The second-order valence-electron chi connectivity index (χ2n) is 10.8. The quantitative estimate of drug-likeness (QED) is 0.674. The van der Waals surface area contributed by atoms with Crippen LogP contribution in [0.4, 0.5) is 23.9 Å². The number of halogens is 3. The Kier molecular flexibility index (Phi) is 6.57. The summed E-state index contributed by atoms with van der Waals surface area (Å²) in [6.45, 7) is 8.11. The Morgan fingerprint density at radius 3 is 2.25 bits per heavy atom. The van der Waals surface area contributed by atoms with Gasteiger partial charge in [0.2, 0.25) is 5.95 Å². The van der Waals surface area contributed by atoms with Crippen molar-refractivity contribution in [3.05, 3.63) is 53.9 Å². The molecule has 0 radical (unpaired) electrons. The molecule has 1 aliphatic carbocycles. The topological polar surface area (TPSA) is 64.6 Å². The molecule has 3 aliphatic rings. The summed E-state index contributed by atoms with van der Waals surface area (Å²) in [5, 5.41) is 3.22. The summed E-state index contributed by atoms with van der Waals surface area (Å²) >= 11 is 0. The molecule has 36 heavy (non-hydrogen) atoms. The van der Waals surface area contributed by atoms with Gasteiger partial charge < -0.3 is 20.0 Å². The highest BCUT2D eigenvalue weighted by Gasteiger charge is 2.52. The molecule has 0 unspecified atom stereocenters. The van der Waals surface area contributed by atoms with E-state index in [1.165, 1.54) is 5.56 Å². The van der Waals surface area contributed by atoms with E-state index in [9.17, 15) is 18.0 Å². The predicted octanol–water partition coefficient (Wildman–Crippen LogP) is 3.81. The molecule has 1 aromatic heterocycles. The molecule has 3 fully saturated rings. The number of anilines is 1. The van der Waals surface area contributed by atoms with Crippen LogP contribution in [0, 0.1) is 5.41 Å². The van der Waals surface area contributed by atoms with E-state index in [1.807, 2.05) is 29.7 Å². The molecule has 3 heterocycles. The van der Waals surface area contributed by atoms with E-state index in [0.29, 0.717) is 18.5 Å². The molecule has 2 amide bonds. The smallest absolute Gasteiger partial charge is 0.337 e. The Bertz CT molecular complexity index is 1040. The van der Waals surface area contributed by atoms with Crippen molar-refractivity contribution in [3.8, 4) is 0 Å². The number of nitrogens with one attached hydrogen (secondary N) is 1. The van der Waals surface area contributed by atoms with Crippen LogP contribution in [0.3, 0.4) is 0 Å². The van der Waals surface area contributed by atoms with Gasteiger partial charge in [0.1, 0.15) is 0 Å². The van der Waals surface area contributed by atoms with Gasteiger partial charge in [-0.3, -0.25) is 0 Å². The Hall–Kier alpha value is -2.88. The van der Waals surface area contributed by atoms with Crippen LogP contribution in [0.1, 0.15) is 37.8 Å².